The smallest absolute Gasteiger partial charge is 0.248 e. The second-order valence-corrected chi connectivity index (χ2v) is 6.27. The summed E-state index contributed by atoms with van der Waals surface area (Å²) in [5.41, 5.74) is 1.10. The molecule has 0 radical (unpaired) electrons. The zero-order chi connectivity index (χ0) is 18.1. The van der Waals surface area contributed by atoms with Gasteiger partial charge in [-0.25, -0.2) is 0 Å². The topological polar surface area (TPSA) is 59.1 Å². The van der Waals surface area contributed by atoms with E-state index in [1.54, 1.807) is 4.90 Å². The van der Waals surface area contributed by atoms with Gasteiger partial charge in [-0.15, -0.1) is 0 Å². The summed E-state index contributed by atoms with van der Waals surface area (Å²) < 4.78 is 10.6. The van der Waals surface area contributed by atoms with E-state index in [1.807, 2.05) is 36.1 Å². The van der Waals surface area contributed by atoms with Crippen LogP contribution in [0, 0.1) is 6.92 Å². The Balaban J connectivity index is 1.70. The molecule has 1 aliphatic heterocycles. The Morgan fingerprint density at radius 2 is 1.72 bits per heavy atom. The summed E-state index contributed by atoms with van der Waals surface area (Å²) in [6.07, 6.45) is 1.97. The monoisotopic (exact) mass is 348 g/mol. The van der Waals surface area contributed by atoms with Gasteiger partial charge in [0.15, 0.2) is 0 Å². The highest BCUT2D eigenvalue weighted by atomic mass is 16.5. The van der Waals surface area contributed by atoms with Crippen LogP contribution < -0.4 is 4.74 Å². The molecule has 1 heterocycles. The number of para-hydroxylation sites is 1. The molecule has 25 heavy (non-hydrogen) atoms. The fourth-order valence-corrected chi connectivity index (χ4v) is 2.91. The lowest BCUT2D eigenvalue weighted by Gasteiger charge is -2.22. The van der Waals surface area contributed by atoms with E-state index in [0.29, 0.717) is 45.6 Å². The average Bonchev–Trinajstić information content (AvgIpc) is 2.86. The molecular weight excluding hydrogens is 320 g/mol. The van der Waals surface area contributed by atoms with Crippen LogP contribution in [0.25, 0.3) is 0 Å². The van der Waals surface area contributed by atoms with Crippen molar-refractivity contribution in [3.63, 3.8) is 0 Å². The second kappa shape index (κ2) is 10.0. The minimum Gasteiger partial charge on any atom is -0.493 e. The molecule has 0 bridgehead atoms. The Hall–Kier alpha value is -2.08. The zero-order valence-corrected chi connectivity index (χ0v) is 15.2. The number of hydrogen-bond acceptors (Lipinski definition) is 4. The maximum absolute atomic E-state index is 12.4. The fourth-order valence-electron chi connectivity index (χ4n) is 2.91. The predicted molar refractivity (Wildman–Crippen MR) is 95.6 cm³/mol. The maximum Gasteiger partial charge on any atom is 0.248 e. The Bertz CT molecular complexity index is 576. The van der Waals surface area contributed by atoms with E-state index in [4.69, 9.17) is 9.47 Å². The minimum atomic E-state index is -0.0107. The molecule has 0 unspecified atom stereocenters. The summed E-state index contributed by atoms with van der Waals surface area (Å²) in [6, 6.07) is 7.87. The first-order valence-electron chi connectivity index (χ1n) is 8.84. The van der Waals surface area contributed by atoms with E-state index < -0.39 is 0 Å². The van der Waals surface area contributed by atoms with Crippen molar-refractivity contribution in [3.8, 4) is 5.75 Å². The van der Waals surface area contributed by atoms with Crippen molar-refractivity contribution in [1.29, 1.82) is 0 Å². The lowest BCUT2D eigenvalue weighted by atomic mass is 10.2. The Labute approximate surface area is 149 Å². The predicted octanol–water partition coefficient (Wildman–Crippen LogP) is 1.86. The van der Waals surface area contributed by atoms with Crippen molar-refractivity contribution in [2.45, 2.75) is 26.2 Å². The van der Waals surface area contributed by atoms with E-state index in [2.05, 4.69) is 0 Å². The highest BCUT2D eigenvalue weighted by molar-refractivity contribution is 5.78. The summed E-state index contributed by atoms with van der Waals surface area (Å²) in [5.74, 6) is 0.995. The van der Waals surface area contributed by atoms with Gasteiger partial charge in [0.05, 0.1) is 6.61 Å². The van der Waals surface area contributed by atoms with Crippen LogP contribution in [0.2, 0.25) is 0 Å². The Morgan fingerprint density at radius 1 is 1.04 bits per heavy atom. The minimum absolute atomic E-state index is 0.0107. The molecule has 2 rings (SSSR count). The van der Waals surface area contributed by atoms with Crippen LogP contribution in [0.1, 0.15) is 24.8 Å². The van der Waals surface area contributed by atoms with Crippen LogP contribution in [0.4, 0.5) is 0 Å². The molecule has 6 nitrogen and oxygen atoms in total. The first-order valence-corrected chi connectivity index (χ1v) is 8.84. The summed E-state index contributed by atoms with van der Waals surface area (Å²) in [7, 11) is 1.52. The van der Waals surface area contributed by atoms with Crippen LogP contribution in [0.15, 0.2) is 24.3 Å². The van der Waals surface area contributed by atoms with Gasteiger partial charge in [-0.1, -0.05) is 18.2 Å². The van der Waals surface area contributed by atoms with Gasteiger partial charge in [-0.2, -0.15) is 0 Å². The molecular formula is C19H28N2O4. The molecule has 1 fully saturated rings. The number of amides is 2. The van der Waals surface area contributed by atoms with Gasteiger partial charge >= 0.3 is 0 Å². The number of methoxy groups -OCH3 is 1. The quantitative estimate of drug-likeness (QED) is 0.706. The molecule has 0 N–H and O–H groups in total. The van der Waals surface area contributed by atoms with Crippen molar-refractivity contribution in [3.05, 3.63) is 29.8 Å². The molecule has 1 aliphatic rings. The third-order valence-corrected chi connectivity index (χ3v) is 4.36. The van der Waals surface area contributed by atoms with Crippen LogP contribution in [0.3, 0.4) is 0 Å². The normalized spacial score (nSPS) is 15.0. The first kappa shape index (κ1) is 19.2. The van der Waals surface area contributed by atoms with E-state index in [0.717, 1.165) is 17.7 Å². The number of nitrogens with zero attached hydrogens (tertiary/aromatic N) is 2. The molecule has 2 amide bonds. The molecule has 1 saturated heterocycles. The van der Waals surface area contributed by atoms with Crippen LogP contribution in [-0.2, 0) is 14.3 Å². The van der Waals surface area contributed by atoms with Crippen LogP contribution in [0.5, 0.6) is 5.75 Å². The van der Waals surface area contributed by atoms with E-state index >= 15 is 0 Å². The van der Waals surface area contributed by atoms with Crippen molar-refractivity contribution < 1.29 is 19.1 Å². The van der Waals surface area contributed by atoms with Gasteiger partial charge in [0, 0.05) is 39.7 Å². The highest BCUT2D eigenvalue weighted by Gasteiger charge is 2.21. The van der Waals surface area contributed by atoms with Crippen molar-refractivity contribution in [2.24, 2.45) is 0 Å². The summed E-state index contributed by atoms with van der Waals surface area (Å²) >= 11 is 0. The lowest BCUT2D eigenvalue weighted by Crippen LogP contribution is -2.38. The zero-order valence-electron chi connectivity index (χ0n) is 15.2. The summed E-state index contributed by atoms with van der Waals surface area (Å²) in [5, 5.41) is 0. The van der Waals surface area contributed by atoms with E-state index in [-0.39, 0.29) is 18.4 Å². The third-order valence-electron chi connectivity index (χ3n) is 4.36. The van der Waals surface area contributed by atoms with Gasteiger partial charge in [0.1, 0.15) is 12.4 Å². The molecule has 138 valence electrons. The molecule has 6 heteroatoms. The maximum atomic E-state index is 12.4. The van der Waals surface area contributed by atoms with Gasteiger partial charge in [-0.3, -0.25) is 9.59 Å². The van der Waals surface area contributed by atoms with Gasteiger partial charge in [0.25, 0.3) is 0 Å². The number of carbonyl (C=O) groups is 2. The molecule has 0 saturated carbocycles. The fraction of sp³-hybridized carbons (Fsp3) is 0.579. The van der Waals surface area contributed by atoms with Crippen LogP contribution in [-0.4, -0.2) is 68.1 Å². The first-order chi connectivity index (χ1) is 12.1. The van der Waals surface area contributed by atoms with Crippen LogP contribution >= 0.6 is 0 Å². The van der Waals surface area contributed by atoms with Gasteiger partial charge in [0.2, 0.25) is 11.8 Å². The number of ether oxygens (including phenoxy) is 2. The molecule has 1 aromatic carbocycles. The number of hydrogen-bond donors (Lipinski definition) is 0. The highest BCUT2D eigenvalue weighted by Crippen LogP contribution is 2.16. The summed E-state index contributed by atoms with van der Waals surface area (Å²) in [6.45, 7) is 5.19. The molecule has 0 aliphatic carbocycles. The SMILES string of the molecule is COCC(=O)N1CCCN(C(=O)CCCOc2ccccc2C)CC1. The summed E-state index contributed by atoms with van der Waals surface area (Å²) in [4.78, 5) is 27.9. The van der Waals surface area contributed by atoms with Gasteiger partial charge < -0.3 is 19.3 Å². The molecule has 1 aromatic rings. The average molecular weight is 348 g/mol. The van der Waals surface area contributed by atoms with Crippen molar-refractivity contribution in [1.82, 2.24) is 9.80 Å². The Kier molecular flexibility index (Phi) is 7.73. The molecule has 0 aromatic heterocycles. The van der Waals surface area contributed by atoms with Crippen molar-refractivity contribution >= 4 is 11.8 Å². The standard InChI is InChI=1S/C19H28N2O4/c1-16-7-3-4-8-17(16)25-14-5-9-18(22)20-10-6-11-21(13-12-20)19(23)15-24-2/h3-4,7-8H,5-6,9-15H2,1-2H3. The largest absolute Gasteiger partial charge is 0.493 e. The van der Waals surface area contributed by atoms with Crippen molar-refractivity contribution in [2.75, 3.05) is 46.5 Å². The number of aryl methyl sites for hydroxylation is 1. The third kappa shape index (κ3) is 6.05. The van der Waals surface area contributed by atoms with Gasteiger partial charge in [-0.05, 0) is 31.4 Å². The molecule has 0 spiro atoms. The number of benzene rings is 1. The number of carbonyl (C=O) groups excluding carboxylic acids is 2. The molecule has 0 atom stereocenters. The van der Waals surface area contributed by atoms with E-state index in [9.17, 15) is 9.59 Å². The second-order valence-electron chi connectivity index (χ2n) is 6.27. The van der Waals surface area contributed by atoms with E-state index in [1.165, 1.54) is 7.11 Å². The lowest BCUT2D eigenvalue weighted by molar-refractivity contribution is -0.136. The number of rotatable bonds is 7. The Morgan fingerprint density at radius 3 is 2.40 bits per heavy atom.